The molecule has 0 saturated heterocycles. The summed E-state index contributed by atoms with van der Waals surface area (Å²) in [5.74, 6) is 0.912. The van der Waals surface area contributed by atoms with Crippen LogP contribution in [0, 0.1) is 0 Å². The highest BCUT2D eigenvalue weighted by Gasteiger charge is 2.33. The topological polar surface area (TPSA) is 37.9 Å². The van der Waals surface area contributed by atoms with Gasteiger partial charge in [0.15, 0.2) is 21.7 Å². The molecule has 1 aromatic carbocycles. The van der Waals surface area contributed by atoms with Crippen LogP contribution in [0.1, 0.15) is 20.8 Å². The van der Waals surface area contributed by atoms with Gasteiger partial charge in [0.1, 0.15) is 6.26 Å². The van der Waals surface area contributed by atoms with E-state index in [1.807, 2.05) is 24.4 Å². The smallest absolute Gasteiger partial charge is 0.199 e. The van der Waals surface area contributed by atoms with Gasteiger partial charge < -0.3 is 0 Å². The molecule has 0 radical (unpaired) electrons. The molecule has 0 fully saturated rings. The molecule has 1 heterocycles. The Morgan fingerprint density at radius 2 is 2.06 bits per heavy atom. The zero-order valence-corrected chi connectivity index (χ0v) is 10.9. The predicted octanol–water partition coefficient (Wildman–Crippen LogP) is 2.90. The van der Waals surface area contributed by atoms with Gasteiger partial charge in [0, 0.05) is 5.39 Å². The molecule has 3 nitrogen and oxygen atoms in total. The standard InChI is InChI=1S/C12H17N2OS/c1-12(2,3)16(4)15-10-5-6-11-9(7-10)8-13-14-11/h5-8H,1-4H3,(H,13,14)/q+1. The molecule has 0 aliphatic heterocycles. The maximum atomic E-state index is 5.94. The third kappa shape index (κ3) is 2.32. The van der Waals surface area contributed by atoms with Gasteiger partial charge in [-0.2, -0.15) is 5.10 Å². The molecule has 86 valence electrons. The first-order valence-electron chi connectivity index (χ1n) is 5.24. The van der Waals surface area contributed by atoms with Crippen LogP contribution in [0.25, 0.3) is 10.9 Å². The summed E-state index contributed by atoms with van der Waals surface area (Å²) in [7, 11) is 0. The minimum absolute atomic E-state index is 0.0997. The van der Waals surface area contributed by atoms with Gasteiger partial charge in [-0.3, -0.25) is 9.28 Å². The number of rotatable bonds is 2. The van der Waals surface area contributed by atoms with Gasteiger partial charge in [-0.25, -0.2) is 0 Å². The van der Waals surface area contributed by atoms with Crippen molar-refractivity contribution >= 4 is 22.1 Å². The molecule has 4 heteroatoms. The molecule has 0 aliphatic rings. The summed E-state index contributed by atoms with van der Waals surface area (Å²) in [5.41, 5.74) is 1.04. The number of nitrogens with zero attached hydrogens (tertiary/aromatic N) is 1. The fourth-order valence-electron chi connectivity index (χ4n) is 1.24. The highest BCUT2D eigenvalue weighted by Crippen LogP contribution is 2.24. The van der Waals surface area contributed by atoms with Gasteiger partial charge in [0.05, 0.1) is 11.7 Å². The van der Waals surface area contributed by atoms with Crippen LogP contribution >= 0.6 is 0 Å². The summed E-state index contributed by atoms with van der Waals surface area (Å²) >= 11 is -0.0997. The average molecular weight is 237 g/mol. The van der Waals surface area contributed by atoms with E-state index < -0.39 is 0 Å². The number of nitrogens with one attached hydrogen (secondary N) is 1. The number of H-pyrrole nitrogens is 1. The van der Waals surface area contributed by atoms with Crippen molar-refractivity contribution in [1.29, 1.82) is 0 Å². The molecule has 1 unspecified atom stereocenters. The van der Waals surface area contributed by atoms with E-state index in [1.165, 1.54) is 0 Å². The Balaban J connectivity index is 2.21. The van der Waals surface area contributed by atoms with Crippen LogP contribution < -0.4 is 4.18 Å². The van der Waals surface area contributed by atoms with Gasteiger partial charge in [-0.05, 0) is 39.0 Å². The van der Waals surface area contributed by atoms with E-state index in [0.29, 0.717) is 0 Å². The van der Waals surface area contributed by atoms with Crippen LogP contribution in [0.5, 0.6) is 5.75 Å². The highest BCUT2D eigenvalue weighted by molar-refractivity contribution is 7.93. The van der Waals surface area contributed by atoms with Gasteiger partial charge in [-0.1, -0.05) is 0 Å². The number of fused-ring (bicyclic) bond motifs is 1. The van der Waals surface area contributed by atoms with Crippen LogP contribution in [-0.4, -0.2) is 21.2 Å². The predicted molar refractivity (Wildman–Crippen MR) is 69.8 cm³/mol. The van der Waals surface area contributed by atoms with Crippen molar-refractivity contribution in [2.75, 3.05) is 6.26 Å². The Labute approximate surface area is 98.7 Å². The van der Waals surface area contributed by atoms with E-state index in [4.69, 9.17) is 4.18 Å². The van der Waals surface area contributed by atoms with E-state index >= 15 is 0 Å². The Morgan fingerprint density at radius 1 is 1.31 bits per heavy atom. The Bertz CT molecular complexity index is 487. The lowest BCUT2D eigenvalue weighted by atomic mass is 10.2. The quantitative estimate of drug-likeness (QED) is 0.816. The fourth-order valence-corrected chi connectivity index (χ4v) is 1.88. The lowest BCUT2D eigenvalue weighted by Gasteiger charge is -2.15. The molecular weight excluding hydrogens is 220 g/mol. The second-order valence-electron chi connectivity index (χ2n) is 4.77. The molecule has 0 saturated carbocycles. The van der Waals surface area contributed by atoms with Crippen LogP contribution in [-0.2, 0) is 11.2 Å². The first kappa shape index (κ1) is 11.3. The molecule has 2 rings (SSSR count). The third-order valence-electron chi connectivity index (χ3n) is 2.50. The fraction of sp³-hybridized carbons (Fsp3) is 0.417. The summed E-state index contributed by atoms with van der Waals surface area (Å²) in [6.07, 6.45) is 3.94. The largest absolute Gasteiger partial charge is 0.286 e. The first-order valence-corrected chi connectivity index (χ1v) is 6.80. The summed E-state index contributed by atoms with van der Waals surface area (Å²) in [4.78, 5) is 0. The normalized spacial score (nSPS) is 14.0. The summed E-state index contributed by atoms with van der Waals surface area (Å²) in [6.45, 7) is 6.56. The lowest BCUT2D eigenvalue weighted by molar-refractivity contribution is 0.595. The SMILES string of the molecule is C[S+](Oc1ccc2[nH]ncc2c1)C(C)(C)C. The molecular formula is C12H17N2OS+. The zero-order chi connectivity index (χ0) is 11.8. The third-order valence-corrected chi connectivity index (χ3v) is 4.66. The monoisotopic (exact) mass is 237 g/mol. The maximum Gasteiger partial charge on any atom is 0.199 e. The van der Waals surface area contributed by atoms with Gasteiger partial charge in [0.25, 0.3) is 0 Å². The molecule has 16 heavy (non-hydrogen) atoms. The van der Waals surface area contributed by atoms with E-state index in [1.54, 1.807) is 0 Å². The molecule has 0 amide bonds. The van der Waals surface area contributed by atoms with Crippen LogP contribution in [0.4, 0.5) is 0 Å². The maximum absolute atomic E-state index is 5.94. The molecule has 0 aliphatic carbocycles. The molecule has 0 bridgehead atoms. The van der Waals surface area contributed by atoms with E-state index in [-0.39, 0.29) is 15.9 Å². The van der Waals surface area contributed by atoms with Crippen LogP contribution in [0.3, 0.4) is 0 Å². The molecule has 2 aromatic rings. The van der Waals surface area contributed by atoms with Crippen molar-refractivity contribution in [2.24, 2.45) is 0 Å². The zero-order valence-electron chi connectivity index (χ0n) is 10.1. The van der Waals surface area contributed by atoms with Gasteiger partial charge in [-0.15, -0.1) is 0 Å². The molecule has 1 atom stereocenters. The molecule has 1 aromatic heterocycles. The minimum atomic E-state index is -0.0997. The number of aromatic amines is 1. The number of hydrogen-bond acceptors (Lipinski definition) is 2. The van der Waals surface area contributed by atoms with E-state index in [9.17, 15) is 0 Å². The Morgan fingerprint density at radius 3 is 2.75 bits per heavy atom. The second-order valence-corrected chi connectivity index (χ2v) is 7.07. The molecule has 0 spiro atoms. The molecule has 1 N–H and O–H groups in total. The summed E-state index contributed by atoms with van der Waals surface area (Å²) in [5, 5.41) is 8.01. The number of aromatic nitrogens is 2. The summed E-state index contributed by atoms with van der Waals surface area (Å²) in [6, 6.07) is 6.00. The Kier molecular flexibility index (Phi) is 2.84. The summed E-state index contributed by atoms with van der Waals surface area (Å²) < 4.78 is 6.11. The lowest BCUT2D eigenvalue weighted by Crippen LogP contribution is -2.31. The van der Waals surface area contributed by atoms with E-state index in [0.717, 1.165) is 16.7 Å². The van der Waals surface area contributed by atoms with Crippen molar-refractivity contribution in [3.8, 4) is 5.75 Å². The van der Waals surface area contributed by atoms with Crippen LogP contribution in [0.15, 0.2) is 24.4 Å². The van der Waals surface area contributed by atoms with E-state index in [2.05, 4.69) is 37.2 Å². The number of hydrogen-bond donors (Lipinski definition) is 1. The highest BCUT2D eigenvalue weighted by atomic mass is 32.2. The van der Waals surface area contributed by atoms with Crippen LogP contribution in [0.2, 0.25) is 0 Å². The van der Waals surface area contributed by atoms with Crippen molar-refractivity contribution in [3.63, 3.8) is 0 Å². The minimum Gasteiger partial charge on any atom is -0.286 e. The van der Waals surface area contributed by atoms with Crippen molar-refractivity contribution in [2.45, 2.75) is 25.5 Å². The van der Waals surface area contributed by atoms with Crippen molar-refractivity contribution in [1.82, 2.24) is 10.2 Å². The van der Waals surface area contributed by atoms with Crippen molar-refractivity contribution < 1.29 is 4.18 Å². The first-order chi connectivity index (χ1) is 7.47. The van der Waals surface area contributed by atoms with Gasteiger partial charge in [0.2, 0.25) is 0 Å². The number of benzene rings is 1. The average Bonchev–Trinajstić information content (AvgIpc) is 2.63. The van der Waals surface area contributed by atoms with Gasteiger partial charge >= 0.3 is 0 Å². The second kappa shape index (κ2) is 4.01. The Hall–Kier alpha value is -1.16. The van der Waals surface area contributed by atoms with Crippen molar-refractivity contribution in [3.05, 3.63) is 24.4 Å².